The summed E-state index contributed by atoms with van der Waals surface area (Å²) in [5.41, 5.74) is 5.39. The lowest BCUT2D eigenvalue weighted by molar-refractivity contribution is -0.142. The Labute approximate surface area is 87.3 Å². The molecule has 0 spiro atoms. The van der Waals surface area contributed by atoms with Crippen molar-refractivity contribution in [2.24, 2.45) is 5.73 Å². The molecule has 1 rings (SSSR count). The van der Waals surface area contributed by atoms with Crippen LogP contribution in [0.3, 0.4) is 0 Å². The molecule has 15 heavy (non-hydrogen) atoms. The zero-order chi connectivity index (χ0) is 11.5. The number of esters is 1. The monoisotopic (exact) mass is 212 g/mol. The normalized spacial score (nSPS) is 14.4. The molecule has 1 atom stereocenters. The van der Waals surface area contributed by atoms with Crippen molar-refractivity contribution in [2.45, 2.75) is 18.9 Å². The number of halogens is 1. The van der Waals surface area contributed by atoms with E-state index in [1.165, 1.54) is 19.2 Å². The van der Waals surface area contributed by atoms with Gasteiger partial charge >= 0.3 is 5.97 Å². The van der Waals surface area contributed by atoms with Gasteiger partial charge in [0.15, 0.2) is 0 Å². The molecule has 0 fully saturated rings. The Bertz CT molecular complexity index is 349. The molecule has 0 radical (unpaired) electrons. The van der Waals surface area contributed by atoms with Gasteiger partial charge in [-0.2, -0.15) is 0 Å². The average Bonchev–Trinajstić information content (AvgIpc) is 2.17. The van der Waals surface area contributed by atoms with Crippen molar-refractivity contribution >= 4 is 5.97 Å². The van der Waals surface area contributed by atoms with Crippen LogP contribution in [0.5, 0.6) is 0 Å². The molecular formula is C10H13FN2O2. The molecule has 0 aromatic carbocycles. The largest absolute Gasteiger partial charge is 0.469 e. The van der Waals surface area contributed by atoms with E-state index in [0.717, 1.165) is 6.20 Å². The summed E-state index contributed by atoms with van der Waals surface area (Å²) < 4.78 is 17.1. The number of carbonyl (C=O) groups excluding carboxylic acids is 1. The van der Waals surface area contributed by atoms with Crippen LogP contribution in [0, 0.1) is 5.82 Å². The van der Waals surface area contributed by atoms with E-state index >= 15 is 0 Å². The molecule has 0 saturated heterocycles. The van der Waals surface area contributed by atoms with Gasteiger partial charge in [0.25, 0.3) is 0 Å². The van der Waals surface area contributed by atoms with Crippen LogP contribution in [-0.4, -0.2) is 18.1 Å². The number of pyridine rings is 1. The lowest BCUT2D eigenvalue weighted by atomic mass is 9.94. The molecule has 0 amide bonds. The van der Waals surface area contributed by atoms with Gasteiger partial charge in [-0.25, -0.2) is 4.39 Å². The zero-order valence-electron chi connectivity index (χ0n) is 8.66. The number of ether oxygens (including phenoxy) is 1. The molecule has 1 unspecified atom stereocenters. The number of nitrogens with zero attached hydrogens (tertiary/aromatic N) is 1. The predicted octanol–water partition coefficient (Wildman–Crippen LogP) is 0.958. The summed E-state index contributed by atoms with van der Waals surface area (Å²) in [7, 11) is 1.29. The standard InChI is InChI=1S/C10H13FN2O2/c1-10(12,5-9(14)15-2)8-4-3-7(11)6-13-8/h3-4,6H,5,12H2,1-2H3. The van der Waals surface area contributed by atoms with E-state index in [1.807, 2.05) is 0 Å². The first-order valence-corrected chi connectivity index (χ1v) is 4.43. The molecular weight excluding hydrogens is 199 g/mol. The van der Waals surface area contributed by atoms with E-state index in [9.17, 15) is 9.18 Å². The SMILES string of the molecule is COC(=O)CC(C)(N)c1ccc(F)cn1. The third-order valence-electron chi connectivity index (χ3n) is 2.05. The van der Waals surface area contributed by atoms with Crippen LogP contribution < -0.4 is 5.73 Å². The molecule has 5 heteroatoms. The van der Waals surface area contributed by atoms with Crippen LogP contribution in [0.1, 0.15) is 19.0 Å². The van der Waals surface area contributed by atoms with Crippen molar-refractivity contribution in [2.75, 3.05) is 7.11 Å². The van der Waals surface area contributed by atoms with Crippen LogP contribution in [-0.2, 0) is 15.1 Å². The summed E-state index contributed by atoms with van der Waals surface area (Å²) in [4.78, 5) is 14.9. The van der Waals surface area contributed by atoms with Gasteiger partial charge in [0, 0.05) is 0 Å². The number of hydrogen-bond donors (Lipinski definition) is 1. The highest BCUT2D eigenvalue weighted by atomic mass is 19.1. The molecule has 1 aromatic heterocycles. The van der Waals surface area contributed by atoms with Gasteiger partial charge in [-0.05, 0) is 19.1 Å². The Morgan fingerprint density at radius 3 is 2.80 bits per heavy atom. The third kappa shape index (κ3) is 2.99. The molecule has 0 bridgehead atoms. The number of carbonyl (C=O) groups is 1. The van der Waals surface area contributed by atoms with Crippen molar-refractivity contribution in [1.29, 1.82) is 0 Å². The summed E-state index contributed by atoms with van der Waals surface area (Å²) in [5.74, 6) is -0.862. The van der Waals surface area contributed by atoms with Crippen molar-refractivity contribution < 1.29 is 13.9 Å². The van der Waals surface area contributed by atoms with Crippen LogP contribution >= 0.6 is 0 Å². The fourth-order valence-electron chi connectivity index (χ4n) is 1.18. The van der Waals surface area contributed by atoms with Gasteiger partial charge < -0.3 is 10.5 Å². The van der Waals surface area contributed by atoms with Crippen molar-refractivity contribution in [3.05, 3.63) is 29.8 Å². The Balaban J connectivity index is 2.85. The predicted molar refractivity (Wildman–Crippen MR) is 52.4 cm³/mol. The Morgan fingerprint density at radius 2 is 2.33 bits per heavy atom. The Kier molecular flexibility index (Phi) is 3.36. The second-order valence-electron chi connectivity index (χ2n) is 3.53. The Morgan fingerprint density at radius 1 is 1.67 bits per heavy atom. The van der Waals surface area contributed by atoms with Crippen LogP contribution in [0.4, 0.5) is 4.39 Å². The van der Waals surface area contributed by atoms with Crippen molar-refractivity contribution in [3.63, 3.8) is 0 Å². The van der Waals surface area contributed by atoms with Crippen LogP contribution in [0.25, 0.3) is 0 Å². The second-order valence-corrected chi connectivity index (χ2v) is 3.53. The fraction of sp³-hybridized carbons (Fsp3) is 0.400. The Hall–Kier alpha value is -1.49. The molecule has 0 aliphatic heterocycles. The van der Waals surface area contributed by atoms with Gasteiger partial charge in [-0.3, -0.25) is 9.78 Å². The van der Waals surface area contributed by atoms with Gasteiger partial charge in [-0.15, -0.1) is 0 Å². The number of rotatable bonds is 3. The summed E-state index contributed by atoms with van der Waals surface area (Å²) in [6.07, 6.45) is 1.07. The molecule has 0 saturated carbocycles. The van der Waals surface area contributed by atoms with Crippen LogP contribution in [0.2, 0.25) is 0 Å². The number of nitrogens with two attached hydrogens (primary N) is 1. The first-order valence-electron chi connectivity index (χ1n) is 4.43. The smallest absolute Gasteiger partial charge is 0.307 e. The van der Waals surface area contributed by atoms with Crippen LogP contribution in [0.15, 0.2) is 18.3 Å². The first kappa shape index (κ1) is 11.6. The number of aromatic nitrogens is 1. The fourth-order valence-corrected chi connectivity index (χ4v) is 1.18. The highest BCUT2D eigenvalue weighted by Crippen LogP contribution is 2.19. The summed E-state index contributed by atoms with van der Waals surface area (Å²) in [6.45, 7) is 1.64. The summed E-state index contributed by atoms with van der Waals surface area (Å²) in [6, 6.07) is 2.71. The maximum Gasteiger partial charge on any atom is 0.307 e. The van der Waals surface area contributed by atoms with Crippen molar-refractivity contribution in [1.82, 2.24) is 4.98 Å². The molecule has 82 valence electrons. The lowest BCUT2D eigenvalue weighted by Crippen LogP contribution is -2.36. The maximum absolute atomic E-state index is 12.6. The molecule has 1 aromatic rings. The molecule has 2 N–H and O–H groups in total. The minimum atomic E-state index is -0.944. The first-order chi connectivity index (χ1) is 6.95. The average molecular weight is 212 g/mol. The van der Waals surface area contributed by atoms with Gasteiger partial charge in [0.05, 0.1) is 31.0 Å². The minimum Gasteiger partial charge on any atom is -0.469 e. The van der Waals surface area contributed by atoms with E-state index < -0.39 is 17.3 Å². The van der Waals surface area contributed by atoms with Gasteiger partial charge in [-0.1, -0.05) is 0 Å². The van der Waals surface area contributed by atoms with E-state index in [4.69, 9.17) is 5.73 Å². The van der Waals surface area contributed by atoms with Gasteiger partial charge in [0.2, 0.25) is 0 Å². The quantitative estimate of drug-likeness (QED) is 0.758. The molecule has 0 aliphatic rings. The maximum atomic E-state index is 12.6. The number of methoxy groups -OCH3 is 1. The zero-order valence-corrected chi connectivity index (χ0v) is 8.66. The third-order valence-corrected chi connectivity index (χ3v) is 2.05. The van der Waals surface area contributed by atoms with E-state index in [1.54, 1.807) is 6.92 Å². The van der Waals surface area contributed by atoms with E-state index in [-0.39, 0.29) is 6.42 Å². The summed E-state index contributed by atoms with van der Waals surface area (Å²) in [5, 5.41) is 0. The topological polar surface area (TPSA) is 65.2 Å². The molecule has 4 nitrogen and oxygen atoms in total. The van der Waals surface area contributed by atoms with Gasteiger partial charge in [0.1, 0.15) is 5.82 Å². The second kappa shape index (κ2) is 4.35. The lowest BCUT2D eigenvalue weighted by Gasteiger charge is -2.22. The van der Waals surface area contributed by atoms with E-state index in [0.29, 0.717) is 5.69 Å². The molecule has 0 aliphatic carbocycles. The molecule has 1 heterocycles. The van der Waals surface area contributed by atoms with E-state index in [2.05, 4.69) is 9.72 Å². The highest BCUT2D eigenvalue weighted by molar-refractivity contribution is 5.70. The van der Waals surface area contributed by atoms with Crippen molar-refractivity contribution in [3.8, 4) is 0 Å². The minimum absolute atomic E-state index is 0.00212. The highest BCUT2D eigenvalue weighted by Gasteiger charge is 2.26. The number of hydrogen-bond acceptors (Lipinski definition) is 4. The summed E-state index contributed by atoms with van der Waals surface area (Å²) >= 11 is 0.